The third-order valence-electron chi connectivity index (χ3n) is 7.29. The number of amides is 3. The Kier molecular flexibility index (Phi) is 5.14. The van der Waals surface area contributed by atoms with Gasteiger partial charge in [0, 0.05) is 6.04 Å². The standard InChI is InChI=1S/C21H32N2O5/c1-13(17(24)23-19(26)22-16-5-3-2-4-6-16)28-18(25)20-8-14-7-15(9-20)11-21(27,10-14)12-20/h13-16,27H,2-12H2,1H3,(H2,22,23,24,26)/t13-,14-,15+,20?,21?/m0/s1. The predicted octanol–water partition coefficient (Wildman–Crippen LogP) is 2.41. The van der Waals surface area contributed by atoms with Crippen molar-refractivity contribution in [3.8, 4) is 0 Å². The summed E-state index contributed by atoms with van der Waals surface area (Å²) in [6.45, 7) is 1.50. The van der Waals surface area contributed by atoms with Gasteiger partial charge in [0.05, 0.1) is 11.0 Å². The zero-order chi connectivity index (χ0) is 19.9. The Balaban J connectivity index is 1.30. The van der Waals surface area contributed by atoms with E-state index in [0.717, 1.165) is 57.8 Å². The summed E-state index contributed by atoms with van der Waals surface area (Å²) in [6.07, 6.45) is 8.72. The molecule has 28 heavy (non-hydrogen) atoms. The first-order valence-electron chi connectivity index (χ1n) is 10.8. The van der Waals surface area contributed by atoms with E-state index in [0.29, 0.717) is 18.3 Å². The van der Waals surface area contributed by atoms with Crippen molar-refractivity contribution < 1.29 is 24.2 Å². The van der Waals surface area contributed by atoms with Crippen LogP contribution < -0.4 is 10.6 Å². The molecule has 4 bridgehead atoms. The number of hydrogen-bond acceptors (Lipinski definition) is 5. The maximum Gasteiger partial charge on any atom is 0.321 e. The lowest BCUT2D eigenvalue weighted by atomic mass is 9.48. The normalized spacial score (nSPS) is 37.9. The van der Waals surface area contributed by atoms with Crippen molar-refractivity contribution in [3.05, 3.63) is 0 Å². The largest absolute Gasteiger partial charge is 0.452 e. The van der Waals surface area contributed by atoms with Crippen molar-refractivity contribution in [1.82, 2.24) is 10.6 Å². The summed E-state index contributed by atoms with van der Waals surface area (Å²) in [5.74, 6) is -0.270. The number of urea groups is 1. The van der Waals surface area contributed by atoms with Crippen LogP contribution in [0, 0.1) is 17.3 Å². The molecule has 5 aliphatic rings. The van der Waals surface area contributed by atoms with E-state index in [1.54, 1.807) is 0 Å². The number of aliphatic hydroxyl groups is 1. The molecule has 5 aliphatic carbocycles. The SMILES string of the molecule is C[C@H](OC(=O)C12C[C@@H]3C[C@@H](CC(O)(C3)C1)C2)C(=O)NC(=O)NC1CCCCC1. The lowest BCUT2D eigenvalue weighted by molar-refractivity contribution is -0.199. The molecule has 0 aromatic carbocycles. The fraction of sp³-hybridized carbons (Fsp3) is 0.857. The van der Waals surface area contributed by atoms with Gasteiger partial charge < -0.3 is 15.2 Å². The van der Waals surface area contributed by atoms with Crippen LogP contribution in [-0.4, -0.2) is 40.8 Å². The van der Waals surface area contributed by atoms with E-state index in [2.05, 4.69) is 10.6 Å². The van der Waals surface area contributed by atoms with Crippen molar-refractivity contribution in [2.24, 2.45) is 17.3 Å². The summed E-state index contributed by atoms with van der Waals surface area (Å²) < 4.78 is 5.49. The van der Waals surface area contributed by atoms with Crippen molar-refractivity contribution in [2.75, 3.05) is 0 Å². The average Bonchev–Trinajstić information content (AvgIpc) is 2.60. The smallest absolute Gasteiger partial charge is 0.321 e. The number of rotatable bonds is 4. The Morgan fingerprint density at radius 1 is 1.04 bits per heavy atom. The number of hydrogen-bond donors (Lipinski definition) is 3. The van der Waals surface area contributed by atoms with Crippen LogP contribution in [0.4, 0.5) is 4.79 Å². The number of nitrogens with one attached hydrogen (secondary N) is 2. The maximum atomic E-state index is 12.9. The van der Waals surface area contributed by atoms with Gasteiger partial charge in [-0.3, -0.25) is 14.9 Å². The molecular formula is C21H32N2O5. The number of ether oxygens (including phenoxy) is 1. The Hall–Kier alpha value is -1.63. The Labute approximate surface area is 166 Å². The van der Waals surface area contributed by atoms with Gasteiger partial charge in [0.1, 0.15) is 0 Å². The zero-order valence-corrected chi connectivity index (χ0v) is 16.7. The van der Waals surface area contributed by atoms with E-state index < -0.39 is 35.0 Å². The molecular weight excluding hydrogens is 360 g/mol. The molecule has 5 fully saturated rings. The molecule has 5 saturated carbocycles. The van der Waals surface area contributed by atoms with Crippen LogP contribution in [0.15, 0.2) is 0 Å². The summed E-state index contributed by atoms with van der Waals surface area (Å²) >= 11 is 0. The summed E-state index contributed by atoms with van der Waals surface area (Å²) in [7, 11) is 0. The predicted molar refractivity (Wildman–Crippen MR) is 101 cm³/mol. The molecule has 5 rings (SSSR count). The third kappa shape index (κ3) is 3.91. The summed E-state index contributed by atoms with van der Waals surface area (Å²) in [6, 6.07) is -0.420. The molecule has 0 saturated heterocycles. The Bertz CT molecular complexity index is 643. The highest BCUT2D eigenvalue weighted by atomic mass is 16.5. The molecule has 0 radical (unpaired) electrons. The van der Waals surface area contributed by atoms with Gasteiger partial charge in [0.15, 0.2) is 6.10 Å². The van der Waals surface area contributed by atoms with E-state index >= 15 is 0 Å². The number of carbonyl (C=O) groups excluding carboxylic acids is 3. The molecule has 0 heterocycles. The van der Waals surface area contributed by atoms with Crippen molar-refractivity contribution in [3.63, 3.8) is 0 Å². The summed E-state index contributed by atoms with van der Waals surface area (Å²) in [5, 5.41) is 15.9. The van der Waals surface area contributed by atoms with Crippen LogP contribution in [0.2, 0.25) is 0 Å². The first-order valence-corrected chi connectivity index (χ1v) is 10.8. The molecule has 7 nitrogen and oxygen atoms in total. The third-order valence-corrected chi connectivity index (χ3v) is 7.29. The van der Waals surface area contributed by atoms with E-state index in [1.165, 1.54) is 13.3 Å². The van der Waals surface area contributed by atoms with Crippen LogP contribution in [0.3, 0.4) is 0 Å². The van der Waals surface area contributed by atoms with Crippen LogP contribution in [-0.2, 0) is 14.3 Å². The molecule has 0 aromatic heterocycles. The summed E-state index contributed by atoms with van der Waals surface area (Å²) in [5.41, 5.74) is -1.42. The van der Waals surface area contributed by atoms with Gasteiger partial charge in [0.25, 0.3) is 5.91 Å². The van der Waals surface area contributed by atoms with Crippen LogP contribution >= 0.6 is 0 Å². The zero-order valence-electron chi connectivity index (χ0n) is 16.7. The van der Waals surface area contributed by atoms with Gasteiger partial charge in [-0.15, -0.1) is 0 Å². The van der Waals surface area contributed by atoms with Gasteiger partial charge in [-0.05, 0) is 70.1 Å². The minimum absolute atomic E-state index is 0.104. The van der Waals surface area contributed by atoms with E-state index in [4.69, 9.17) is 4.74 Å². The van der Waals surface area contributed by atoms with Crippen LogP contribution in [0.1, 0.15) is 77.6 Å². The van der Waals surface area contributed by atoms with Gasteiger partial charge >= 0.3 is 12.0 Å². The van der Waals surface area contributed by atoms with E-state index in [-0.39, 0.29) is 6.04 Å². The topological polar surface area (TPSA) is 105 Å². The number of esters is 1. The first-order chi connectivity index (χ1) is 13.3. The molecule has 0 aliphatic heterocycles. The lowest BCUT2D eigenvalue weighted by Gasteiger charge is -2.58. The minimum atomic E-state index is -1.03. The average molecular weight is 392 g/mol. The second-order valence-electron chi connectivity index (χ2n) is 9.81. The van der Waals surface area contributed by atoms with Crippen molar-refractivity contribution >= 4 is 17.9 Å². The fourth-order valence-electron chi connectivity index (χ4n) is 6.47. The Morgan fingerprint density at radius 2 is 1.68 bits per heavy atom. The monoisotopic (exact) mass is 392 g/mol. The Morgan fingerprint density at radius 3 is 2.29 bits per heavy atom. The number of imide groups is 1. The molecule has 156 valence electrons. The maximum absolute atomic E-state index is 12.9. The molecule has 3 amide bonds. The minimum Gasteiger partial charge on any atom is -0.452 e. The van der Waals surface area contributed by atoms with Crippen LogP contribution in [0.25, 0.3) is 0 Å². The van der Waals surface area contributed by atoms with Gasteiger partial charge in [-0.1, -0.05) is 19.3 Å². The van der Waals surface area contributed by atoms with E-state index in [9.17, 15) is 19.5 Å². The van der Waals surface area contributed by atoms with Crippen molar-refractivity contribution in [1.29, 1.82) is 0 Å². The van der Waals surface area contributed by atoms with Gasteiger partial charge in [0.2, 0.25) is 0 Å². The molecule has 3 N–H and O–H groups in total. The fourth-order valence-corrected chi connectivity index (χ4v) is 6.47. The summed E-state index contributed by atoms with van der Waals surface area (Å²) in [4.78, 5) is 37.3. The highest BCUT2D eigenvalue weighted by Crippen LogP contribution is 2.62. The molecule has 0 aromatic rings. The second kappa shape index (κ2) is 7.32. The number of carbonyl (C=O) groups is 3. The first kappa shape index (κ1) is 19.7. The quantitative estimate of drug-likeness (QED) is 0.637. The van der Waals surface area contributed by atoms with Crippen LogP contribution in [0.5, 0.6) is 0 Å². The molecule has 7 heteroatoms. The van der Waals surface area contributed by atoms with Crippen molar-refractivity contribution in [2.45, 2.75) is 95.3 Å². The highest BCUT2D eigenvalue weighted by molar-refractivity contribution is 5.97. The van der Waals surface area contributed by atoms with E-state index in [1.807, 2.05) is 0 Å². The highest BCUT2D eigenvalue weighted by Gasteiger charge is 2.61. The lowest BCUT2D eigenvalue weighted by Crippen LogP contribution is -2.59. The second-order valence-corrected chi connectivity index (χ2v) is 9.81. The molecule has 5 atom stereocenters. The molecule has 2 unspecified atom stereocenters. The van der Waals surface area contributed by atoms with Gasteiger partial charge in [-0.2, -0.15) is 0 Å². The van der Waals surface area contributed by atoms with Gasteiger partial charge in [-0.25, -0.2) is 4.79 Å². The molecule has 0 spiro atoms.